The summed E-state index contributed by atoms with van der Waals surface area (Å²) in [5.74, 6) is -30.5. The standard InChI is InChI=1S/5C6H2F4S.5FH/c5*7-2-1-3(8)6(11)5(10)4(2)9;;;;;/h5*1,11H;5*1H. The molecule has 340 valence electrons. The number of benzene rings is 5. The molecule has 0 heterocycles. The first kappa shape index (κ1) is 65.2. The van der Waals surface area contributed by atoms with E-state index < -0.39 is 141 Å². The van der Waals surface area contributed by atoms with E-state index in [1.54, 1.807) is 0 Å². The predicted octanol–water partition coefficient (Wildman–Crippen LogP) is 13.4. The molecule has 5 aromatic carbocycles. The maximum atomic E-state index is 12.3. The molecule has 0 aromatic heterocycles. The third kappa shape index (κ3) is 16.5. The van der Waals surface area contributed by atoms with Crippen molar-refractivity contribution in [1.82, 2.24) is 0 Å². The monoisotopic (exact) mass is 1010 g/mol. The molecule has 5 rings (SSSR count). The fourth-order valence-corrected chi connectivity index (χ4v) is 3.60. The van der Waals surface area contributed by atoms with E-state index in [2.05, 4.69) is 63.1 Å². The molecule has 0 aliphatic rings. The van der Waals surface area contributed by atoms with Gasteiger partial charge in [-0.1, -0.05) is 0 Å². The molecule has 0 amide bonds. The van der Waals surface area contributed by atoms with Gasteiger partial charge in [0.1, 0.15) is 29.1 Å². The Morgan fingerprint density at radius 3 is 0.383 bits per heavy atom. The van der Waals surface area contributed by atoms with Crippen LogP contribution in [0, 0.1) is 116 Å². The van der Waals surface area contributed by atoms with E-state index in [9.17, 15) is 87.8 Å². The van der Waals surface area contributed by atoms with E-state index in [4.69, 9.17) is 0 Å². The molecule has 0 saturated carbocycles. The van der Waals surface area contributed by atoms with Crippen LogP contribution in [0.3, 0.4) is 0 Å². The summed E-state index contributed by atoms with van der Waals surface area (Å²) in [6, 6.07) is 1.18. The van der Waals surface area contributed by atoms with Crippen molar-refractivity contribution in [2.75, 3.05) is 0 Å². The Morgan fingerprint density at radius 1 is 0.183 bits per heavy atom. The SMILES string of the molecule is F.F.F.F.F.Fc1cc(F)c(S)c(F)c1F.Fc1cc(F)c(S)c(F)c1F.Fc1cc(F)c(S)c(F)c1F.Fc1cc(F)c(S)c(F)c1F.Fc1cc(F)c(S)c(F)c1F. The second-order valence-corrected chi connectivity index (χ2v) is 11.3. The van der Waals surface area contributed by atoms with Gasteiger partial charge in [0.15, 0.2) is 87.3 Å². The topological polar surface area (TPSA) is 0 Å². The molecule has 0 aliphatic heterocycles. The minimum atomic E-state index is -1.71. The van der Waals surface area contributed by atoms with E-state index >= 15 is 0 Å². The quantitative estimate of drug-likeness (QED) is 0.0434. The summed E-state index contributed by atoms with van der Waals surface area (Å²) < 4.78 is 245. The fourth-order valence-electron chi connectivity index (χ4n) is 2.78. The summed E-state index contributed by atoms with van der Waals surface area (Å²) in [5.41, 5.74) is 0. The molecule has 0 radical (unpaired) electrons. The number of halogens is 25. The van der Waals surface area contributed by atoms with Crippen molar-refractivity contribution in [1.29, 1.82) is 0 Å². The number of hydrogen-bond acceptors (Lipinski definition) is 5. The van der Waals surface area contributed by atoms with Crippen molar-refractivity contribution >= 4 is 63.1 Å². The lowest BCUT2D eigenvalue weighted by Crippen LogP contribution is -1.94. The molecule has 0 saturated heterocycles. The van der Waals surface area contributed by atoms with Crippen molar-refractivity contribution in [3.63, 3.8) is 0 Å². The number of hydrogen-bond donors (Lipinski definition) is 5. The Balaban J connectivity index is -0.000000206. The minimum Gasteiger partial charge on any atom is -0.269 e. The highest BCUT2D eigenvalue weighted by Gasteiger charge is 2.19. The van der Waals surface area contributed by atoms with Crippen LogP contribution in [0.1, 0.15) is 0 Å². The summed E-state index contributed by atoms with van der Waals surface area (Å²) in [6.45, 7) is 0. The molecule has 0 spiro atoms. The predicted molar refractivity (Wildman–Crippen MR) is 180 cm³/mol. The third-order valence-corrected chi connectivity index (χ3v) is 7.50. The molecule has 0 atom stereocenters. The van der Waals surface area contributed by atoms with Crippen LogP contribution in [0.2, 0.25) is 0 Å². The van der Waals surface area contributed by atoms with E-state index in [0.29, 0.717) is 0 Å². The lowest BCUT2D eigenvalue weighted by atomic mass is 10.3. The Kier molecular flexibility index (Phi) is 30.3. The van der Waals surface area contributed by atoms with E-state index in [1.165, 1.54) is 0 Å². The van der Waals surface area contributed by atoms with Gasteiger partial charge in [-0.25, -0.2) is 87.8 Å². The average Bonchev–Trinajstić information content (AvgIpc) is 3.14. The van der Waals surface area contributed by atoms with Gasteiger partial charge in [0.05, 0.1) is 24.5 Å². The highest BCUT2D eigenvalue weighted by molar-refractivity contribution is 7.81. The van der Waals surface area contributed by atoms with Gasteiger partial charge in [-0.05, 0) is 0 Å². The van der Waals surface area contributed by atoms with Crippen LogP contribution >= 0.6 is 63.1 Å². The van der Waals surface area contributed by atoms with Gasteiger partial charge < -0.3 is 0 Å². The Labute approximate surface area is 344 Å². The van der Waals surface area contributed by atoms with Crippen LogP contribution in [0.5, 0.6) is 0 Å². The Bertz CT molecular complexity index is 1720. The highest BCUT2D eigenvalue weighted by atomic mass is 32.1. The molecular weight excluding hydrogens is 996 g/mol. The van der Waals surface area contributed by atoms with Crippen molar-refractivity contribution in [3.05, 3.63) is 147 Å². The van der Waals surface area contributed by atoms with E-state index in [-0.39, 0.29) is 53.9 Å². The third-order valence-electron chi connectivity index (χ3n) is 5.45. The maximum Gasteiger partial charge on any atom is 0.195 e. The Hall–Kier alpha value is -3.90. The smallest absolute Gasteiger partial charge is 0.195 e. The lowest BCUT2D eigenvalue weighted by Gasteiger charge is -1.98. The zero-order valence-corrected chi connectivity index (χ0v) is 31.7. The first-order valence-electron chi connectivity index (χ1n) is 12.8. The minimum absolute atomic E-state index is 0. The van der Waals surface area contributed by atoms with E-state index in [0.717, 1.165) is 0 Å². The fraction of sp³-hybridized carbons (Fsp3) is 0. The van der Waals surface area contributed by atoms with Gasteiger partial charge in [-0.3, -0.25) is 23.5 Å². The first-order chi connectivity index (χ1) is 25.2. The van der Waals surface area contributed by atoms with Crippen LogP contribution in [0.25, 0.3) is 0 Å². The van der Waals surface area contributed by atoms with Gasteiger partial charge in [0, 0.05) is 30.3 Å². The second kappa shape index (κ2) is 27.8. The molecule has 0 nitrogen and oxygen atoms in total. The second-order valence-electron chi connectivity index (χ2n) is 9.08. The van der Waals surface area contributed by atoms with Crippen LogP contribution in [0.15, 0.2) is 54.8 Å². The van der Waals surface area contributed by atoms with Crippen LogP contribution < -0.4 is 0 Å². The molecule has 0 fully saturated rings. The largest absolute Gasteiger partial charge is 0.269 e. The van der Waals surface area contributed by atoms with Crippen LogP contribution in [-0.4, -0.2) is 0 Å². The number of thiol groups is 5. The zero-order chi connectivity index (χ0) is 43.0. The molecular formula is C30H15F25S5. The summed E-state index contributed by atoms with van der Waals surface area (Å²) in [7, 11) is 0. The zero-order valence-electron chi connectivity index (χ0n) is 27.2. The summed E-state index contributed by atoms with van der Waals surface area (Å²) in [4.78, 5) is -4.08. The van der Waals surface area contributed by atoms with Crippen molar-refractivity contribution < 1.29 is 111 Å². The van der Waals surface area contributed by atoms with Gasteiger partial charge in [0.2, 0.25) is 0 Å². The van der Waals surface area contributed by atoms with Gasteiger partial charge in [-0.15, -0.1) is 63.1 Å². The normalized spacial score (nSPS) is 9.42. The molecule has 0 bridgehead atoms. The molecule has 0 aliphatic carbocycles. The van der Waals surface area contributed by atoms with Crippen molar-refractivity contribution in [2.45, 2.75) is 24.5 Å². The maximum absolute atomic E-state index is 12.3. The van der Waals surface area contributed by atoms with E-state index in [1.807, 2.05) is 0 Å². The Morgan fingerprint density at radius 2 is 0.283 bits per heavy atom. The molecule has 0 N–H and O–H groups in total. The number of rotatable bonds is 0. The molecule has 0 unspecified atom stereocenters. The summed E-state index contributed by atoms with van der Waals surface area (Å²) >= 11 is 16.4. The highest BCUT2D eigenvalue weighted by Crippen LogP contribution is 2.25. The average molecular weight is 1010 g/mol. The van der Waals surface area contributed by atoms with Crippen LogP contribution in [0.4, 0.5) is 111 Å². The molecule has 5 aromatic rings. The summed E-state index contributed by atoms with van der Waals surface area (Å²) in [5, 5.41) is 0. The van der Waals surface area contributed by atoms with Crippen molar-refractivity contribution in [3.8, 4) is 0 Å². The lowest BCUT2D eigenvalue weighted by molar-refractivity contribution is 0.415. The van der Waals surface area contributed by atoms with Gasteiger partial charge >= 0.3 is 0 Å². The van der Waals surface area contributed by atoms with Crippen molar-refractivity contribution in [2.24, 2.45) is 0 Å². The summed E-state index contributed by atoms with van der Waals surface area (Å²) in [6.07, 6.45) is 0. The molecule has 60 heavy (non-hydrogen) atoms. The van der Waals surface area contributed by atoms with Gasteiger partial charge in [0.25, 0.3) is 0 Å². The van der Waals surface area contributed by atoms with Crippen LogP contribution in [-0.2, 0) is 0 Å². The van der Waals surface area contributed by atoms with Gasteiger partial charge in [-0.2, -0.15) is 0 Å². The first-order valence-corrected chi connectivity index (χ1v) is 15.0. The molecule has 30 heteroatoms.